The molecule has 6 nitrogen and oxygen atoms in total. The number of benzene rings is 1. The Morgan fingerprint density at radius 2 is 2.16 bits per heavy atom. The molecule has 1 N–H and O–H groups in total. The van der Waals surface area contributed by atoms with Gasteiger partial charge in [-0.15, -0.1) is 0 Å². The Kier molecular flexibility index (Phi) is 4.21. The Morgan fingerprint density at radius 3 is 3.00 bits per heavy atom. The number of nitrogens with one attached hydrogen (secondary N) is 1. The summed E-state index contributed by atoms with van der Waals surface area (Å²) < 4.78 is 19.0. The van der Waals surface area contributed by atoms with Gasteiger partial charge in [-0.05, 0) is 37.1 Å². The Labute approximate surface area is 145 Å². The quantitative estimate of drug-likeness (QED) is 0.920. The number of amides is 1. The molecule has 4 rings (SSSR count). The van der Waals surface area contributed by atoms with E-state index in [1.807, 2.05) is 0 Å². The van der Waals surface area contributed by atoms with E-state index in [1.54, 1.807) is 24.5 Å². The van der Waals surface area contributed by atoms with Crippen LogP contribution in [0.15, 0.2) is 36.7 Å². The zero-order valence-electron chi connectivity index (χ0n) is 13.7. The highest BCUT2D eigenvalue weighted by molar-refractivity contribution is 5.82. The van der Waals surface area contributed by atoms with Gasteiger partial charge < -0.3 is 15.0 Å². The number of hydrogen-bond donors (Lipinski definition) is 1. The molecule has 3 heterocycles. The van der Waals surface area contributed by atoms with Gasteiger partial charge in [-0.1, -0.05) is 0 Å². The molecular weight excluding hydrogens is 323 g/mol. The molecule has 0 unspecified atom stereocenters. The van der Waals surface area contributed by atoms with E-state index >= 15 is 0 Å². The predicted molar refractivity (Wildman–Crippen MR) is 89.9 cm³/mol. The summed E-state index contributed by atoms with van der Waals surface area (Å²) in [5.74, 6) is 0.803. The first-order valence-corrected chi connectivity index (χ1v) is 8.46. The number of rotatable bonds is 3. The maximum absolute atomic E-state index is 13.3. The summed E-state index contributed by atoms with van der Waals surface area (Å²) in [6, 6.07) is 6.15. The minimum atomic E-state index is -0.597. The molecule has 0 aliphatic carbocycles. The molecule has 25 heavy (non-hydrogen) atoms. The monoisotopic (exact) mass is 342 g/mol. The van der Waals surface area contributed by atoms with E-state index in [4.69, 9.17) is 4.74 Å². The fourth-order valence-corrected chi connectivity index (χ4v) is 3.39. The smallest absolute Gasteiger partial charge is 0.261 e. The summed E-state index contributed by atoms with van der Waals surface area (Å²) >= 11 is 0. The summed E-state index contributed by atoms with van der Waals surface area (Å²) in [6.07, 6.45) is 5.10. The highest BCUT2D eigenvalue weighted by Gasteiger charge is 2.32. The van der Waals surface area contributed by atoms with Gasteiger partial charge in [0.2, 0.25) is 5.95 Å². The standard InChI is InChI=1S/C18H19FN4O2/c19-13-4-5-15-12(9-13)10-16(25-15)17(24)22-14-3-1-8-23(11-14)18-20-6-2-7-21-18/h2,4-7,9,14,16H,1,3,8,10-11H2,(H,22,24)/t14-,16+/m0/s1. The maximum Gasteiger partial charge on any atom is 0.261 e. The Balaban J connectivity index is 1.37. The van der Waals surface area contributed by atoms with Crippen LogP contribution in [0.2, 0.25) is 0 Å². The van der Waals surface area contributed by atoms with Gasteiger partial charge in [0.05, 0.1) is 0 Å². The molecule has 1 aromatic heterocycles. The number of carbonyl (C=O) groups is 1. The zero-order valence-corrected chi connectivity index (χ0v) is 13.7. The highest BCUT2D eigenvalue weighted by Crippen LogP contribution is 2.29. The van der Waals surface area contributed by atoms with Crippen molar-refractivity contribution in [2.24, 2.45) is 0 Å². The van der Waals surface area contributed by atoms with Gasteiger partial charge in [0.25, 0.3) is 5.91 Å². The minimum absolute atomic E-state index is 0.0223. The fraction of sp³-hybridized carbons (Fsp3) is 0.389. The molecule has 0 bridgehead atoms. The average molecular weight is 342 g/mol. The van der Waals surface area contributed by atoms with Crippen LogP contribution in [-0.2, 0) is 11.2 Å². The van der Waals surface area contributed by atoms with Gasteiger partial charge >= 0.3 is 0 Å². The second-order valence-corrected chi connectivity index (χ2v) is 6.41. The molecule has 2 atom stereocenters. The van der Waals surface area contributed by atoms with E-state index in [0.717, 1.165) is 24.9 Å². The molecule has 2 aliphatic rings. The highest BCUT2D eigenvalue weighted by atomic mass is 19.1. The van der Waals surface area contributed by atoms with Crippen LogP contribution in [0.25, 0.3) is 0 Å². The summed E-state index contributed by atoms with van der Waals surface area (Å²) in [6.45, 7) is 1.55. The fourth-order valence-electron chi connectivity index (χ4n) is 3.39. The average Bonchev–Trinajstić information content (AvgIpc) is 3.06. The molecule has 130 valence electrons. The third kappa shape index (κ3) is 3.40. The summed E-state index contributed by atoms with van der Waals surface area (Å²) in [7, 11) is 0. The van der Waals surface area contributed by atoms with Crippen molar-refractivity contribution < 1.29 is 13.9 Å². The predicted octanol–water partition coefficient (Wildman–Crippen LogP) is 1.70. The van der Waals surface area contributed by atoms with E-state index in [2.05, 4.69) is 20.2 Å². The third-order valence-corrected chi connectivity index (χ3v) is 4.59. The van der Waals surface area contributed by atoms with Gasteiger partial charge in [-0.3, -0.25) is 4.79 Å². The van der Waals surface area contributed by atoms with Crippen LogP contribution < -0.4 is 15.0 Å². The zero-order chi connectivity index (χ0) is 17.2. The molecule has 1 amide bonds. The van der Waals surface area contributed by atoms with Crippen molar-refractivity contribution >= 4 is 11.9 Å². The molecule has 0 radical (unpaired) electrons. The van der Waals surface area contributed by atoms with Gasteiger partial charge in [0.15, 0.2) is 6.10 Å². The van der Waals surface area contributed by atoms with E-state index in [0.29, 0.717) is 24.7 Å². The summed E-state index contributed by atoms with van der Waals surface area (Å²) in [5, 5.41) is 3.06. The number of nitrogens with zero attached hydrogens (tertiary/aromatic N) is 3. The van der Waals surface area contributed by atoms with Crippen LogP contribution in [0.1, 0.15) is 18.4 Å². The summed E-state index contributed by atoms with van der Waals surface area (Å²) in [4.78, 5) is 23.1. The number of halogens is 1. The van der Waals surface area contributed by atoms with Crippen molar-refractivity contribution in [1.82, 2.24) is 15.3 Å². The van der Waals surface area contributed by atoms with Crippen molar-refractivity contribution in [1.29, 1.82) is 0 Å². The number of piperidine rings is 1. The number of ether oxygens (including phenoxy) is 1. The van der Waals surface area contributed by atoms with E-state index in [1.165, 1.54) is 12.1 Å². The van der Waals surface area contributed by atoms with Crippen molar-refractivity contribution in [3.05, 3.63) is 48.0 Å². The second-order valence-electron chi connectivity index (χ2n) is 6.41. The molecule has 0 spiro atoms. The number of hydrogen-bond acceptors (Lipinski definition) is 5. The molecule has 1 fully saturated rings. The molecule has 1 saturated heterocycles. The Bertz CT molecular complexity index is 771. The lowest BCUT2D eigenvalue weighted by Gasteiger charge is -2.33. The number of aromatic nitrogens is 2. The SMILES string of the molecule is O=C(N[C@H]1CCCN(c2ncccn2)C1)[C@H]1Cc2cc(F)ccc2O1. The van der Waals surface area contributed by atoms with Crippen LogP contribution in [0, 0.1) is 5.82 Å². The van der Waals surface area contributed by atoms with Crippen LogP contribution in [0.4, 0.5) is 10.3 Å². The topological polar surface area (TPSA) is 67.4 Å². The van der Waals surface area contributed by atoms with Crippen molar-refractivity contribution in [2.45, 2.75) is 31.4 Å². The van der Waals surface area contributed by atoms with E-state index in [-0.39, 0.29) is 17.8 Å². The Morgan fingerprint density at radius 1 is 1.32 bits per heavy atom. The van der Waals surface area contributed by atoms with Gasteiger partial charge in [-0.25, -0.2) is 14.4 Å². The lowest BCUT2D eigenvalue weighted by molar-refractivity contribution is -0.128. The molecule has 7 heteroatoms. The van der Waals surface area contributed by atoms with Gasteiger partial charge in [0, 0.05) is 43.5 Å². The van der Waals surface area contributed by atoms with Crippen LogP contribution in [0.5, 0.6) is 5.75 Å². The largest absolute Gasteiger partial charge is 0.480 e. The van der Waals surface area contributed by atoms with E-state index < -0.39 is 6.10 Å². The Hall–Kier alpha value is -2.70. The summed E-state index contributed by atoms with van der Waals surface area (Å²) in [5.41, 5.74) is 0.739. The third-order valence-electron chi connectivity index (χ3n) is 4.59. The lowest BCUT2D eigenvalue weighted by Crippen LogP contribution is -2.51. The van der Waals surface area contributed by atoms with Crippen LogP contribution >= 0.6 is 0 Å². The number of fused-ring (bicyclic) bond motifs is 1. The molecule has 2 aromatic rings. The molecule has 2 aliphatic heterocycles. The minimum Gasteiger partial charge on any atom is -0.480 e. The first-order chi connectivity index (χ1) is 12.2. The first-order valence-electron chi connectivity index (χ1n) is 8.46. The number of carbonyl (C=O) groups excluding carboxylic acids is 1. The van der Waals surface area contributed by atoms with Crippen LogP contribution in [-0.4, -0.2) is 41.1 Å². The molecular formula is C18H19FN4O2. The van der Waals surface area contributed by atoms with Crippen LogP contribution in [0.3, 0.4) is 0 Å². The lowest BCUT2D eigenvalue weighted by atomic mass is 10.0. The van der Waals surface area contributed by atoms with Gasteiger partial charge in [0.1, 0.15) is 11.6 Å². The molecule has 0 saturated carbocycles. The van der Waals surface area contributed by atoms with Crippen molar-refractivity contribution in [3.63, 3.8) is 0 Å². The maximum atomic E-state index is 13.3. The molecule has 1 aromatic carbocycles. The number of anilines is 1. The van der Waals surface area contributed by atoms with E-state index in [9.17, 15) is 9.18 Å². The van der Waals surface area contributed by atoms with Gasteiger partial charge in [-0.2, -0.15) is 0 Å². The van der Waals surface area contributed by atoms with Crippen molar-refractivity contribution in [3.8, 4) is 5.75 Å². The van der Waals surface area contributed by atoms with Crippen molar-refractivity contribution in [2.75, 3.05) is 18.0 Å². The second kappa shape index (κ2) is 6.66. The first kappa shape index (κ1) is 15.8. The normalized spacial score (nSPS) is 22.2.